The zero-order valence-corrected chi connectivity index (χ0v) is 10.6. The Bertz CT molecular complexity index is 551. The van der Waals surface area contributed by atoms with E-state index >= 15 is 0 Å². The van der Waals surface area contributed by atoms with Crippen molar-refractivity contribution in [3.8, 4) is 0 Å². The first kappa shape index (κ1) is 11.1. The lowest BCUT2D eigenvalue weighted by atomic mass is 10.0. The van der Waals surface area contributed by atoms with Crippen molar-refractivity contribution in [2.75, 3.05) is 0 Å². The first-order valence-corrected chi connectivity index (χ1v) is 5.84. The van der Waals surface area contributed by atoms with Crippen LogP contribution in [0.4, 0.5) is 0 Å². The zero-order valence-electron chi connectivity index (χ0n) is 9.82. The lowest BCUT2D eigenvalue weighted by Gasteiger charge is -2.17. The third-order valence-electron chi connectivity index (χ3n) is 3.03. The van der Waals surface area contributed by atoms with Crippen molar-refractivity contribution >= 4 is 12.2 Å². The number of nitrogens with one attached hydrogen (secondary N) is 1. The van der Waals surface area contributed by atoms with Crippen LogP contribution in [0.15, 0.2) is 30.5 Å². The standard InChI is InChI=1S/C13H16N2S/c1-9-6-4-5-7-12(9)11(3)15-10(2)8-14-13(15)16/h4-8,11H,1-3H3,(H,14,16). The molecular formula is C13H16N2S. The minimum Gasteiger partial charge on any atom is -0.337 e. The summed E-state index contributed by atoms with van der Waals surface area (Å²) < 4.78 is 2.94. The average molecular weight is 232 g/mol. The van der Waals surface area contributed by atoms with E-state index in [0.29, 0.717) is 0 Å². The highest BCUT2D eigenvalue weighted by molar-refractivity contribution is 7.71. The molecule has 0 aliphatic heterocycles. The molecule has 3 heteroatoms. The maximum absolute atomic E-state index is 5.30. The molecule has 0 radical (unpaired) electrons. The Balaban J connectivity index is 2.51. The minimum absolute atomic E-state index is 0.278. The van der Waals surface area contributed by atoms with Gasteiger partial charge in [0.2, 0.25) is 0 Å². The Morgan fingerprint density at radius 1 is 1.25 bits per heavy atom. The van der Waals surface area contributed by atoms with Crippen LogP contribution in [0.5, 0.6) is 0 Å². The fourth-order valence-corrected chi connectivity index (χ4v) is 2.50. The van der Waals surface area contributed by atoms with E-state index < -0.39 is 0 Å². The summed E-state index contributed by atoms with van der Waals surface area (Å²) in [5.41, 5.74) is 3.79. The molecule has 16 heavy (non-hydrogen) atoms. The van der Waals surface area contributed by atoms with Crippen LogP contribution in [0, 0.1) is 18.6 Å². The molecule has 2 aromatic rings. The number of aromatic nitrogens is 2. The summed E-state index contributed by atoms with van der Waals surface area (Å²) in [6, 6.07) is 8.71. The number of benzene rings is 1. The molecular weight excluding hydrogens is 216 g/mol. The number of aryl methyl sites for hydroxylation is 2. The van der Waals surface area contributed by atoms with Crippen LogP contribution in [0.2, 0.25) is 0 Å². The van der Waals surface area contributed by atoms with E-state index in [2.05, 4.69) is 54.6 Å². The Kier molecular flexibility index (Phi) is 2.97. The molecule has 0 spiro atoms. The van der Waals surface area contributed by atoms with Crippen molar-refractivity contribution in [1.29, 1.82) is 0 Å². The van der Waals surface area contributed by atoms with Gasteiger partial charge in [-0.25, -0.2) is 0 Å². The molecule has 1 aromatic heterocycles. The van der Waals surface area contributed by atoms with Gasteiger partial charge in [0.15, 0.2) is 4.77 Å². The molecule has 0 saturated heterocycles. The summed E-state index contributed by atoms with van der Waals surface area (Å²) in [7, 11) is 0. The Hall–Kier alpha value is -1.35. The van der Waals surface area contributed by atoms with Gasteiger partial charge >= 0.3 is 0 Å². The van der Waals surface area contributed by atoms with Crippen LogP contribution < -0.4 is 0 Å². The summed E-state index contributed by atoms with van der Waals surface area (Å²) in [5, 5.41) is 0. The van der Waals surface area contributed by atoms with Crippen LogP contribution in [0.25, 0.3) is 0 Å². The van der Waals surface area contributed by atoms with E-state index in [0.717, 1.165) is 4.77 Å². The van der Waals surface area contributed by atoms with Gasteiger partial charge < -0.3 is 9.55 Å². The SMILES string of the molecule is Cc1ccccc1C(C)n1c(C)c[nH]c1=S. The largest absolute Gasteiger partial charge is 0.337 e. The number of hydrogen-bond acceptors (Lipinski definition) is 1. The van der Waals surface area contributed by atoms with Gasteiger partial charge in [0.05, 0.1) is 6.04 Å². The zero-order chi connectivity index (χ0) is 11.7. The van der Waals surface area contributed by atoms with Crippen LogP contribution in [-0.4, -0.2) is 9.55 Å². The summed E-state index contributed by atoms with van der Waals surface area (Å²) in [6.45, 7) is 6.39. The van der Waals surface area contributed by atoms with Crippen molar-refractivity contribution in [3.05, 3.63) is 52.1 Å². The highest BCUT2D eigenvalue weighted by atomic mass is 32.1. The first-order chi connectivity index (χ1) is 7.61. The molecule has 0 fully saturated rings. The summed E-state index contributed by atoms with van der Waals surface area (Å²) in [5.74, 6) is 0. The van der Waals surface area contributed by atoms with Gasteiger partial charge in [0.25, 0.3) is 0 Å². The monoisotopic (exact) mass is 232 g/mol. The fraction of sp³-hybridized carbons (Fsp3) is 0.308. The van der Waals surface area contributed by atoms with Crippen LogP contribution in [-0.2, 0) is 0 Å². The second-order valence-electron chi connectivity index (χ2n) is 4.14. The van der Waals surface area contributed by atoms with Gasteiger partial charge in [-0.2, -0.15) is 0 Å². The van der Waals surface area contributed by atoms with Crippen LogP contribution in [0.1, 0.15) is 29.8 Å². The molecule has 0 bridgehead atoms. The third kappa shape index (κ3) is 1.83. The third-order valence-corrected chi connectivity index (χ3v) is 3.34. The van der Waals surface area contributed by atoms with Crippen molar-refractivity contribution in [3.63, 3.8) is 0 Å². The topological polar surface area (TPSA) is 20.7 Å². The lowest BCUT2D eigenvalue weighted by Crippen LogP contribution is -2.09. The highest BCUT2D eigenvalue weighted by Gasteiger charge is 2.12. The molecule has 0 amide bonds. The number of hydrogen-bond donors (Lipinski definition) is 1. The van der Waals surface area contributed by atoms with Crippen molar-refractivity contribution in [2.45, 2.75) is 26.8 Å². The molecule has 1 N–H and O–H groups in total. The van der Waals surface area contributed by atoms with E-state index in [-0.39, 0.29) is 6.04 Å². The quantitative estimate of drug-likeness (QED) is 0.782. The van der Waals surface area contributed by atoms with E-state index in [1.165, 1.54) is 16.8 Å². The van der Waals surface area contributed by atoms with Crippen molar-refractivity contribution < 1.29 is 0 Å². The molecule has 0 aliphatic rings. The van der Waals surface area contributed by atoms with Crippen LogP contribution in [0.3, 0.4) is 0 Å². The molecule has 84 valence electrons. The van der Waals surface area contributed by atoms with Crippen molar-refractivity contribution in [2.24, 2.45) is 0 Å². The van der Waals surface area contributed by atoms with E-state index in [1.54, 1.807) is 0 Å². The lowest BCUT2D eigenvalue weighted by molar-refractivity contribution is 0.611. The molecule has 1 unspecified atom stereocenters. The average Bonchev–Trinajstić information content (AvgIpc) is 2.58. The number of imidazole rings is 1. The molecule has 0 saturated carbocycles. The van der Waals surface area contributed by atoms with E-state index in [4.69, 9.17) is 12.2 Å². The number of nitrogens with zero attached hydrogens (tertiary/aromatic N) is 1. The minimum atomic E-state index is 0.278. The second kappa shape index (κ2) is 4.26. The summed E-state index contributed by atoms with van der Waals surface area (Å²) >= 11 is 5.30. The number of H-pyrrole nitrogens is 1. The van der Waals surface area contributed by atoms with Gasteiger partial charge in [-0.1, -0.05) is 24.3 Å². The maximum Gasteiger partial charge on any atom is 0.177 e. The first-order valence-electron chi connectivity index (χ1n) is 5.43. The number of rotatable bonds is 2. The van der Waals surface area contributed by atoms with Gasteiger partial charge in [-0.3, -0.25) is 0 Å². The predicted octanol–water partition coefficient (Wildman–Crippen LogP) is 3.77. The molecule has 1 aromatic carbocycles. The maximum atomic E-state index is 5.30. The van der Waals surface area contributed by atoms with Gasteiger partial charge in [0, 0.05) is 11.9 Å². The normalized spacial score (nSPS) is 12.7. The molecule has 2 nitrogen and oxygen atoms in total. The van der Waals surface area contributed by atoms with Crippen LogP contribution >= 0.6 is 12.2 Å². The van der Waals surface area contributed by atoms with Gasteiger partial charge in [0.1, 0.15) is 0 Å². The van der Waals surface area contributed by atoms with Gasteiger partial charge in [-0.05, 0) is 44.1 Å². The Labute approximate surface area is 101 Å². The van der Waals surface area contributed by atoms with E-state index in [1.807, 2.05) is 6.20 Å². The molecule has 0 aliphatic carbocycles. The Morgan fingerprint density at radius 3 is 2.50 bits per heavy atom. The Morgan fingerprint density at radius 2 is 1.94 bits per heavy atom. The molecule has 1 atom stereocenters. The fourth-order valence-electron chi connectivity index (χ4n) is 2.14. The highest BCUT2D eigenvalue weighted by Crippen LogP contribution is 2.22. The smallest absolute Gasteiger partial charge is 0.177 e. The molecule has 2 rings (SSSR count). The van der Waals surface area contributed by atoms with Crippen molar-refractivity contribution in [1.82, 2.24) is 9.55 Å². The number of aromatic amines is 1. The molecule has 1 heterocycles. The summed E-state index contributed by atoms with van der Waals surface area (Å²) in [6.07, 6.45) is 1.96. The summed E-state index contributed by atoms with van der Waals surface area (Å²) in [4.78, 5) is 3.08. The predicted molar refractivity (Wildman–Crippen MR) is 69.3 cm³/mol. The van der Waals surface area contributed by atoms with E-state index in [9.17, 15) is 0 Å². The second-order valence-corrected chi connectivity index (χ2v) is 4.52. The van der Waals surface area contributed by atoms with Gasteiger partial charge in [-0.15, -0.1) is 0 Å².